The van der Waals surface area contributed by atoms with E-state index in [2.05, 4.69) is 17.4 Å². The largest absolute Gasteiger partial charge is 0.480 e. The van der Waals surface area contributed by atoms with Crippen LogP contribution in [0.3, 0.4) is 0 Å². The predicted octanol–water partition coefficient (Wildman–Crippen LogP) is 4.07. The van der Waals surface area contributed by atoms with Gasteiger partial charge in [0.1, 0.15) is 18.1 Å². The summed E-state index contributed by atoms with van der Waals surface area (Å²) in [6, 6.07) is 13.1. The molecule has 3 aromatic rings. The Kier molecular flexibility index (Phi) is 5.90. The summed E-state index contributed by atoms with van der Waals surface area (Å²) in [5, 5.41) is 13.2. The lowest BCUT2D eigenvalue weighted by molar-refractivity contribution is -0.143. The summed E-state index contributed by atoms with van der Waals surface area (Å²) in [5.74, 6) is 1.02. The zero-order chi connectivity index (χ0) is 21.9. The number of pyridine rings is 1. The van der Waals surface area contributed by atoms with Crippen molar-refractivity contribution in [3.05, 3.63) is 77.1 Å². The Balaban J connectivity index is 0.00000259. The second-order valence-electron chi connectivity index (χ2n) is 8.65. The van der Waals surface area contributed by atoms with E-state index in [0.717, 1.165) is 61.4 Å². The zero-order valence-electron chi connectivity index (χ0n) is 18.0. The van der Waals surface area contributed by atoms with E-state index in [4.69, 9.17) is 14.4 Å². The molecule has 2 aliphatic heterocycles. The van der Waals surface area contributed by atoms with Gasteiger partial charge in [-0.2, -0.15) is 0 Å². The summed E-state index contributed by atoms with van der Waals surface area (Å²) in [5.41, 5.74) is 4.08. The van der Waals surface area contributed by atoms with Crippen molar-refractivity contribution in [1.29, 1.82) is 0 Å². The first-order valence-corrected chi connectivity index (χ1v) is 11.4. The topological polar surface area (TPSA) is 91.5 Å². The minimum absolute atomic E-state index is 0. The van der Waals surface area contributed by atoms with Gasteiger partial charge in [-0.05, 0) is 49.3 Å². The fraction of sp³-hybridized carbons (Fsp3) is 0.400. The Hall–Kier alpha value is -3.19. The van der Waals surface area contributed by atoms with Gasteiger partial charge in [-0.1, -0.05) is 36.4 Å². The number of hydrogen-bond acceptors (Lipinski definition) is 6. The van der Waals surface area contributed by atoms with E-state index in [9.17, 15) is 9.90 Å². The monoisotopic (exact) mass is 434 g/mol. The van der Waals surface area contributed by atoms with Gasteiger partial charge in [0.05, 0.1) is 5.69 Å². The average molecular weight is 435 g/mol. The van der Waals surface area contributed by atoms with Gasteiger partial charge >= 0.3 is 5.97 Å². The summed E-state index contributed by atoms with van der Waals surface area (Å²) in [4.78, 5) is 23.4. The van der Waals surface area contributed by atoms with Crippen LogP contribution in [-0.2, 0) is 24.1 Å². The first kappa shape index (κ1) is 20.7. The first-order chi connectivity index (χ1) is 15.7. The number of nitrogens with zero attached hydrogens (tertiary/aromatic N) is 3. The number of nitrogens with one attached hydrogen (secondary N) is 1. The molecule has 7 heteroatoms. The molecule has 1 unspecified atom stereocenters. The third kappa shape index (κ3) is 4.39. The summed E-state index contributed by atoms with van der Waals surface area (Å²) >= 11 is 0. The van der Waals surface area contributed by atoms with E-state index in [1.165, 1.54) is 5.56 Å². The SMILES string of the molecule is O=C(O)C(c1ccccc1)N1CC[C@@H](c2nc(CCc3ccc4c(n3)NCCC4)co2)C1.[HH]. The Morgan fingerprint density at radius 2 is 2.03 bits per heavy atom. The molecular weight excluding hydrogens is 404 g/mol. The maximum absolute atomic E-state index is 12.0. The minimum Gasteiger partial charge on any atom is -0.480 e. The number of benzene rings is 1. The van der Waals surface area contributed by atoms with Crippen molar-refractivity contribution in [1.82, 2.24) is 14.9 Å². The fourth-order valence-corrected chi connectivity index (χ4v) is 4.76. The highest BCUT2D eigenvalue weighted by atomic mass is 16.4. The van der Waals surface area contributed by atoms with E-state index >= 15 is 0 Å². The number of carbonyl (C=O) groups is 1. The van der Waals surface area contributed by atoms with E-state index in [1.54, 1.807) is 6.26 Å². The minimum atomic E-state index is -0.822. The van der Waals surface area contributed by atoms with Gasteiger partial charge in [-0.25, -0.2) is 9.97 Å². The molecule has 0 radical (unpaired) electrons. The van der Waals surface area contributed by atoms with E-state index in [0.29, 0.717) is 19.0 Å². The number of carboxylic acid groups (broad SMARTS) is 1. The van der Waals surface area contributed by atoms with Gasteiger partial charge in [-0.3, -0.25) is 9.69 Å². The van der Waals surface area contributed by atoms with Crippen molar-refractivity contribution in [2.24, 2.45) is 0 Å². The van der Waals surface area contributed by atoms with Gasteiger partial charge in [0.15, 0.2) is 5.89 Å². The number of oxazole rings is 1. The van der Waals surface area contributed by atoms with Crippen LogP contribution in [0.15, 0.2) is 53.1 Å². The van der Waals surface area contributed by atoms with Crippen molar-refractivity contribution in [2.75, 3.05) is 25.0 Å². The number of likely N-dealkylation sites (tertiary alicyclic amines) is 1. The summed E-state index contributed by atoms with van der Waals surface area (Å²) in [6.45, 7) is 2.33. The van der Waals surface area contributed by atoms with Gasteiger partial charge in [0, 0.05) is 32.7 Å². The van der Waals surface area contributed by atoms with Crippen molar-refractivity contribution >= 4 is 11.8 Å². The van der Waals surface area contributed by atoms with Crippen LogP contribution in [0.2, 0.25) is 0 Å². The van der Waals surface area contributed by atoms with Crippen LogP contribution in [0.4, 0.5) is 5.82 Å². The highest BCUT2D eigenvalue weighted by molar-refractivity contribution is 5.75. The molecule has 168 valence electrons. The van der Waals surface area contributed by atoms with Crippen molar-refractivity contribution in [3.8, 4) is 0 Å². The normalized spacial score (nSPS) is 19.3. The Morgan fingerprint density at radius 1 is 1.19 bits per heavy atom. The van der Waals surface area contributed by atoms with Crippen molar-refractivity contribution in [3.63, 3.8) is 0 Å². The lowest BCUT2D eigenvalue weighted by Crippen LogP contribution is -2.32. The van der Waals surface area contributed by atoms with E-state index in [1.807, 2.05) is 35.2 Å². The number of rotatable bonds is 7. The number of hydrogen-bond donors (Lipinski definition) is 2. The van der Waals surface area contributed by atoms with Crippen molar-refractivity contribution in [2.45, 2.75) is 44.1 Å². The van der Waals surface area contributed by atoms with E-state index in [-0.39, 0.29) is 7.34 Å². The quantitative estimate of drug-likeness (QED) is 0.579. The molecule has 1 aromatic carbocycles. The zero-order valence-corrected chi connectivity index (χ0v) is 18.0. The molecule has 0 aliphatic carbocycles. The second kappa shape index (κ2) is 9.12. The third-order valence-electron chi connectivity index (χ3n) is 6.44. The van der Waals surface area contributed by atoms with Gasteiger partial charge < -0.3 is 14.8 Å². The number of aliphatic carboxylic acids is 1. The third-order valence-corrected chi connectivity index (χ3v) is 6.44. The van der Waals surface area contributed by atoms with Crippen LogP contribution in [0.5, 0.6) is 0 Å². The highest BCUT2D eigenvalue weighted by Crippen LogP contribution is 2.33. The molecular formula is C25H30N4O3. The standard InChI is InChI=1S/C25H28N4O3.H2/c30-25(31)22(17-5-2-1-3-6-17)29-14-12-19(15-29)24-28-21(16-32-24)11-10-20-9-8-18-7-4-13-26-23(18)27-20;/h1-3,5-6,8-9,16,19,22H,4,7,10-15H2,(H,26,27)(H,30,31);1H/t19-,22?;/m1./s1. The lowest BCUT2D eigenvalue weighted by atomic mass is 10.1. The van der Waals surface area contributed by atoms with Gasteiger partial charge in [-0.15, -0.1) is 0 Å². The molecule has 2 aromatic heterocycles. The summed E-state index contributed by atoms with van der Waals surface area (Å²) < 4.78 is 5.80. The Morgan fingerprint density at radius 3 is 2.88 bits per heavy atom. The summed E-state index contributed by atoms with van der Waals surface area (Å²) in [7, 11) is 0. The van der Waals surface area contributed by atoms with Crippen LogP contribution >= 0.6 is 0 Å². The highest BCUT2D eigenvalue weighted by Gasteiger charge is 2.35. The molecule has 1 fully saturated rings. The number of aryl methyl sites for hydroxylation is 3. The molecule has 2 N–H and O–H groups in total. The predicted molar refractivity (Wildman–Crippen MR) is 123 cm³/mol. The molecule has 0 bridgehead atoms. The van der Waals surface area contributed by atoms with Gasteiger partial charge in [0.25, 0.3) is 0 Å². The molecule has 5 rings (SSSR count). The van der Waals surface area contributed by atoms with Crippen LogP contribution in [0.1, 0.15) is 54.6 Å². The number of fused-ring (bicyclic) bond motifs is 1. The lowest BCUT2D eigenvalue weighted by Gasteiger charge is -2.24. The van der Waals surface area contributed by atoms with Crippen LogP contribution in [0, 0.1) is 0 Å². The molecule has 7 nitrogen and oxygen atoms in total. The maximum Gasteiger partial charge on any atom is 0.325 e. The van der Waals surface area contributed by atoms with Crippen LogP contribution in [-0.4, -0.2) is 45.6 Å². The Bertz CT molecular complexity index is 1090. The summed E-state index contributed by atoms with van der Waals surface area (Å²) in [6.07, 6.45) is 6.41. The molecule has 2 atom stereocenters. The smallest absolute Gasteiger partial charge is 0.325 e. The van der Waals surface area contributed by atoms with E-state index < -0.39 is 12.0 Å². The molecule has 0 saturated carbocycles. The maximum atomic E-state index is 12.0. The first-order valence-electron chi connectivity index (χ1n) is 11.4. The van der Waals surface area contributed by atoms with Crippen molar-refractivity contribution < 1.29 is 15.7 Å². The molecule has 1 saturated heterocycles. The molecule has 2 aliphatic rings. The Labute approximate surface area is 189 Å². The molecule has 0 amide bonds. The number of carboxylic acids is 1. The van der Waals surface area contributed by atoms with Gasteiger partial charge in [0.2, 0.25) is 0 Å². The molecule has 4 heterocycles. The number of anilines is 1. The average Bonchev–Trinajstić information content (AvgIpc) is 3.48. The molecule has 0 spiro atoms. The van der Waals surface area contributed by atoms with Crippen LogP contribution in [0.25, 0.3) is 0 Å². The second-order valence-corrected chi connectivity index (χ2v) is 8.65. The molecule has 32 heavy (non-hydrogen) atoms. The van der Waals surface area contributed by atoms with Crippen LogP contribution < -0.4 is 5.32 Å². The fourth-order valence-electron chi connectivity index (χ4n) is 4.76. The number of aromatic nitrogens is 2.